The van der Waals surface area contributed by atoms with E-state index < -0.39 is 10.0 Å². The van der Waals surface area contributed by atoms with Crippen LogP contribution in [-0.2, 0) is 23.1 Å². The van der Waals surface area contributed by atoms with E-state index >= 15 is 0 Å². The molecule has 0 saturated carbocycles. The highest BCUT2D eigenvalue weighted by atomic mass is 32.2. The molecule has 2 heterocycles. The third kappa shape index (κ3) is 2.59. The first-order valence-corrected chi connectivity index (χ1v) is 7.03. The van der Waals surface area contributed by atoms with Gasteiger partial charge in [-0.05, 0) is 19.9 Å². The van der Waals surface area contributed by atoms with Gasteiger partial charge in [-0.25, -0.2) is 18.1 Å². The molecule has 2 N–H and O–H groups in total. The van der Waals surface area contributed by atoms with E-state index in [-0.39, 0.29) is 11.6 Å². The second kappa shape index (κ2) is 4.91. The zero-order valence-corrected chi connectivity index (χ0v) is 11.0. The summed E-state index contributed by atoms with van der Waals surface area (Å²) in [5.74, 6) is 0.680. The van der Waals surface area contributed by atoms with E-state index in [4.69, 9.17) is 0 Å². The molecule has 0 spiro atoms. The Morgan fingerprint density at radius 3 is 2.83 bits per heavy atom. The summed E-state index contributed by atoms with van der Waals surface area (Å²) < 4.78 is 28.2. The summed E-state index contributed by atoms with van der Waals surface area (Å²) >= 11 is 0. The lowest BCUT2D eigenvalue weighted by Crippen LogP contribution is -2.23. The van der Waals surface area contributed by atoms with E-state index in [0.29, 0.717) is 18.1 Å². The summed E-state index contributed by atoms with van der Waals surface area (Å²) in [5.41, 5.74) is 0.699. The number of H-pyrrole nitrogens is 1. The third-order valence-electron chi connectivity index (χ3n) is 2.58. The summed E-state index contributed by atoms with van der Waals surface area (Å²) in [6, 6.07) is 1.71. The Hall–Kier alpha value is -1.67. The summed E-state index contributed by atoms with van der Waals surface area (Å²) in [6.45, 7) is 4.57. The summed E-state index contributed by atoms with van der Waals surface area (Å²) in [4.78, 5) is 4.04. The zero-order valence-electron chi connectivity index (χ0n) is 10.2. The van der Waals surface area contributed by atoms with Crippen molar-refractivity contribution >= 4 is 10.0 Å². The molecule has 0 amide bonds. The van der Waals surface area contributed by atoms with Crippen molar-refractivity contribution in [3.8, 4) is 0 Å². The van der Waals surface area contributed by atoms with Gasteiger partial charge in [0.25, 0.3) is 10.0 Å². The van der Waals surface area contributed by atoms with Crippen molar-refractivity contribution in [1.29, 1.82) is 0 Å². The minimum Gasteiger partial charge on any atom is -0.334 e. The van der Waals surface area contributed by atoms with Gasteiger partial charge in [0.1, 0.15) is 5.82 Å². The number of aromatic nitrogens is 4. The van der Waals surface area contributed by atoms with Crippen LogP contribution in [0.3, 0.4) is 0 Å². The molecule has 0 aliphatic rings. The van der Waals surface area contributed by atoms with Crippen molar-refractivity contribution < 1.29 is 8.42 Å². The van der Waals surface area contributed by atoms with Gasteiger partial charge in [-0.1, -0.05) is 0 Å². The molecule has 0 aliphatic carbocycles. The van der Waals surface area contributed by atoms with Crippen molar-refractivity contribution in [2.24, 2.45) is 0 Å². The van der Waals surface area contributed by atoms with E-state index in [9.17, 15) is 8.42 Å². The zero-order chi connectivity index (χ0) is 13.2. The first-order chi connectivity index (χ1) is 8.53. The lowest BCUT2D eigenvalue weighted by molar-refractivity contribution is 0.576. The number of sulfonamides is 1. The molecular weight excluding hydrogens is 254 g/mol. The van der Waals surface area contributed by atoms with E-state index in [2.05, 4.69) is 19.9 Å². The summed E-state index contributed by atoms with van der Waals surface area (Å²) in [6.07, 6.45) is 3.10. The maximum atomic E-state index is 12.0. The fraction of sp³-hybridized carbons (Fsp3) is 0.400. The van der Waals surface area contributed by atoms with E-state index in [1.807, 2.05) is 6.92 Å². The smallest absolute Gasteiger partial charge is 0.259 e. The van der Waals surface area contributed by atoms with Crippen LogP contribution in [0.2, 0.25) is 0 Å². The summed E-state index contributed by atoms with van der Waals surface area (Å²) in [5, 5.41) is 6.48. The number of hydrogen-bond acceptors (Lipinski definition) is 4. The maximum absolute atomic E-state index is 12.0. The molecule has 0 saturated heterocycles. The largest absolute Gasteiger partial charge is 0.334 e. The van der Waals surface area contributed by atoms with Gasteiger partial charge >= 0.3 is 0 Å². The van der Waals surface area contributed by atoms with Crippen LogP contribution in [0.5, 0.6) is 0 Å². The van der Waals surface area contributed by atoms with Crippen LogP contribution in [0.4, 0.5) is 0 Å². The van der Waals surface area contributed by atoms with Crippen LogP contribution in [0, 0.1) is 6.92 Å². The van der Waals surface area contributed by atoms with Gasteiger partial charge in [-0.3, -0.25) is 5.10 Å². The van der Waals surface area contributed by atoms with Crippen LogP contribution in [-0.4, -0.2) is 28.2 Å². The van der Waals surface area contributed by atoms with Crippen molar-refractivity contribution in [3.63, 3.8) is 0 Å². The fourth-order valence-corrected chi connectivity index (χ4v) is 2.57. The van der Waals surface area contributed by atoms with Crippen LogP contribution in [0.1, 0.15) is 18.4 Å². The Morgan fingerprint density at radius 2 is 2.28 bits per heavy atom. The molecule has 8 heteroatoms. The minimum atomic E-state index is -3.58. The maximum Gasteiger partial charge on any atom is 0.259 e. The van der Waals surface area contributed by atoms with Crippen LogP contribution in [0.15, 0.2) is 23.5 Å². The quantitative estimate of drug-likeness (QED) is 0.822. The highest BCUT2D eigenvalue weighted by Crippen LogP contribution is 2.09. The van der Waals surface area contributed by atoms with Crippen LogP contribution >= 0.6 is 0 Å². The molecule has 18 heavy (non-hydrogen) atoms. The second-order valence-corrected chi connectivity index (χ2v) is 5.53. The molecule has 0 unspecified atom stereocenters. The number of nitrogens with zero attached hydrogens (tertiary/aromatic N) is 3. The van der Waals surface area contributed by atoms with Crippen LogP contribution in [0.25, 0.3) is 0 Å². The van der Waals surface area contributed by atoms with E-state index in [1.54, 1.807) is 23.8 Å². The highest BCUT2D eigenvalue weighted by molar-refractivity contribution is 7.89. The van der Waals surface area contributed by atoms with Crippen molar-refractivity contribution in [2.75, 3.05) is 0 Å². The first-order valence-electron chi connectivity index (χ1n) is 5.54. The molecule has 0 bridgehead atoms. The standard InChI is InChI=1S/C10H15N5O2S/c1-3-15-7-10(13-8(15)2)18(16,17)12-6-9-4-5-11-14-9/h4-5,7,12H,3,6H2,1-2H3,(H,11,14). The van der Waals surface area contributed by atoms with Gasteiger partial charge in [0.05, 0.1) is 12.2 Å². The molecule has 98 valence electrons. The van der Waals surface area contributed by atoms with Crippen molar-refractivity contribution in [2.45, 2.75) is 32.0 Å². The topological polar surface area (TPSA) is 92.7 Å². The highest BCUT2D eigenvalue weighted by Gasteiger charge is 2.18. The predicted molar refractivity (Wildman–Crippen MR) is 65.3 cm³/mol. The van der Waals surface area contributed by atoms with E-state index in [0.717, 1.165) is 0 Å². The minimum absolute atomic E-state index is 0.0429. The number of hydrogen-bond donors (Lipinski definition) is 2. The fourth-order valence-electron chi connectivity index (χ4n) is 1.56. The van der Waals surface area contributed by atoms with Gasteiger partial charge in [0, 0.05) is 18.9 Å². The van der Waals surface area contributed by atoms with Crippen LogP contribution < -0.4 is 4.72 Å². The molecule has 7 nitrogen and oxygen atoms in total. The number of aryl methyl sites for hydroxylation is 2. The third-order valence-corrected chi connectivity index (χ3v) is 3.85. The van der Waals surface area contributed by atoms with E-state index in [1.165, 1.54) is 6.20 Å². The lowest BCUT2D eigenvalue weighted by Gasteiger charge is -2.01. The van der Waals surface area contributed by atoms with Gasteiger partial charge in [0.15, 0.2) is 5.03 Å². The molecule has 2 rings (SSSR count). The molecule has 2 aromatic heterocycles. The Morgan fingerprint density at radius 1 is 1.50 bits per heavy atom. The molecule has 2 aromatic rings. The average molecular weight is 269 g/mol. The number of imidazole rings is 1. The summed E-state index contributed by atoms with van der Waals surface area (Å²) in [7, 11) is -3.58. The van der Waals surface area contributed by atoms with Crippen molar-refractivity contribution in [3.05, 3.63) is 30.0 Å². The lowest BCUT2D eigenvalue weighted by atomic mass is 10.4. The molecule has 0 aromatic carbocycles. The Labute approximate surface area is 105 Å². The van der Waals surface area contributed by atoms with Crippen molar-refractivity contribution in [1.82, 2.24) is 24.5 Å². The Kier molecular flexibility index (Phi) is 3.48. The SMILES string of the molecule is CCn1cc(S(=O)(=O)NCc2ccn[nH]2)nc1C. The van der Waals surface area contributed by atoms with Gasteiger partial charge in [-0.2, -0.15) is 5.10 Å². The number of rotatable bonds is 5. The Balaban J connectivity index is 2.14. The second-order valence-electron chi connectivity index (χ2n) is 3.82. The van der Waals surface area contributed by atoms with Gasteiger partial charge < -0.3 is 4.57 Å². The molecule has 0 atom stereocenters. The molecular formula is C10H15N5O2S. The number of aromatic amines is 1. The Bertz CT molecular complexity index is 615. The predicted octanol–water partition coefficient (Wildman–Crippen LogP) is 0.413. The normalized spacial score (nSPS) is 11.9. The molecule has 0 radical (unpaired) electrons. The number of nitrogens with one attached hydrogen (secondary N) is 2. The monoisotopic (exact) mass is 269 g/mol. The molecule has 0 aliphatic heterocycles. The van der Waals surface area contributed by atoms with Gasteiger partial charge in [-0.15, -0.1) is 0 Å². The first kappa shape index (κ1) is 12.8. The molecule has 0 fully saturated rings. The average Bonchev–Trinajstić information content (AvgIpc) is 2.95. The van der Waals surface area contributed by atoms with Gasteiger partial charge in [0.2, 0.25) is 0 Å².